The third-order valence-corrected chi connectivity index (χ3v) is 3.97. The molecule has 2 bridgehead atoms. The Balaban J connectivity index is 2.16. The molecule has 0 aromatic carbocycles. The molecule has 0 amide bonds. The standard InChI is InChI=1S/C10H17/c1-7-4-5-8-6-9(7)10(8,2)3/h4,7-9H,5-6H2,1-3H3/t7-,8+,9-/m0/s1. The van der Waals surface area contributed by atoms with E-state index in [0.29, 0.717) is 5.41 Å². The van der Waals surface area contributed by atoms with Crippen molar-refractivity contribution in [3.05, 3.63) is 6.42 Å². The first-order valence-electron chi connectivity index (χ1n) is 4.45. The van der Waals surface area contributed by atoms with Crippen molar-refractivity contribution in [1.82, 2.24) is 0 Å². The Bertz CT molecular complexity index is 144. The lowest BCUT2D eigenvalue weighted by molar-refractivity contribution is -0.0750. The van der Waals surface area contributed by atoms with Gasteiger partial charge in [0.1, 0.15) is 0 Å². The van der Waals surface area contributed by atoms with E-state index in [1.807, 2.05) is 0 Å². The van der Waals surface area contributed by atoms with Gasteiger partial charge in [0.15, 0.2) is 0 Å². The highest BCUT2D eigenvalue weighted by Gasteiger charge is 2.52. The summed E-state index contributed by atoms with van der Waals surface area (Å²) in [5.74, 6) is 2.92. The molecule has 1 radical (unpaired) electrons. The Labute approximate surface area is 64.0 Å². The van der Waals surface area contributed by atoms with Crippen molar-refractivity contribution in [1.29, 1.82) is 0 Å². The van der Waals surface area contributed by atoms with Crippen LogP contribution in [0.15, 0.2) is 0 Å². The molecule has 0 unspecified atom stereocenters. The molecule has 3 atom stereocenters. The summed E-state index contributed by atoms with van der Waals surface area (Å²) < 4.78 is 0. The van der Waals surface area contributed by atoms with Gasteiger partial charge in [-0.2, -0.15) is 0 Å². The lowest BCUT2D eigenvalue weighted by Gasteiger charge is -2.59. The van der Waals surface area contributed by atoms with E-state index in [0.717, 1.165) is 17.8 Å². The van der Waals surface area contributed by atoms with E-state index in [4.69, 9.17) is 0 Å². The fourth-order valence-electron chi connectivity index (χ4n) is 2.89. The second-order valence-electron chi connectivity index (χ2n) is 4.69. The molecular formula is C10H17. The van der Waals surface area contributed by atoms with E-state index in [9.17, 15) is 0 Å². The highest BCUT2D eigenvalue weighted by atomic mass is 14.6. The number of hydrogen-bond acceptors (Lipinski definition) is 0. The quantitative estimate of drug-likeness (QED) is 0.481. The topological polar surface area (TPSA) is 0 Å². The molecule has 3 saturated carbocycles. The molecule has 0 aliphatic heterocycles. The van der Waals surface area contributed by atoms with Gasteiger partial charge < -0.3 is 0 Å². The molecule has 0 aromatic rings. The van der Waals surface area contributed by atoms with Gasteiger partial charge in [0, 0.05) is 0 Å². The van der Waals surface area contributed by atoms with E-state index >= 15 is 0 Å². The van der Waals surface area contributed by atoms with Crippen LogP contribution in [0.3, 0.4) is 0 Å². The second-order valence-corrected chi connectivity index (χ2v) is 4.69. The van der Waals surface area contributed by atoms with Crippen molar-refractivity contribution >= 4 is 0 Å². The van der Waals surface area contributed by atoms with Gasteiger partial charge in [-0.1, -0.05) is 20.8 Å². The van der Waals surface area contributed by atoms with Gasteiger partial charge in [-0.25, -0.2) is 0 Å². The summed E-state index contributed by atoms with van der Waals surface area (Å²) in [6, 6.07) is 0. The van der Waals surface area contributed by atoms with Crippen molar-refractivity contribution < 1.29 is 0 Å². The number of hydrogen-bond donors (Lipinski definition) is 0. The molecule has 3 aliphatic carbocycles. The van der Waals surface area contributed by atoms with Crippen LogP contribution in [0.1, 0.15) is 33.6 Å². The molecule has 0 heterocycles. The van der Waals surface area contributed by atoms with Gasteiger partial charge in [0.2, 0.25) is 0 Å². The molecule has 0 heteroatoms. The molecule has 0 nitrogen and oxygen atoms in total. The molecule has 3 rings (SSSR count). The van der Waals surface area contributed by atoms with Crippen LogP contribution in [0.5, 0.6) is 0 Å². The van der Waals surface area contributed by atoms with Crippen LogP contribution in [-0.2, 0) is 0 Å². The van der Waals surface area contributed by atoms with Crippen LogP contribution in [0.4, 0.5) is 0 Å². The fourth-order valence-corrected chi connectivity index (χ4v) is 2.89. The van der Waals surface area contributed by atoms with Gasteiger partial charge in [-0.05, 0) is 42.4 Å². The Kier molecular flexibility index (Phi) is 1.19. The third kappa shape index (κ3) is 0.627. The molecule has 10 heavy (non-hydrogen) atoms. The predicted octanol–water partition coefficient (Wildman–Crippen LogP) is 2.89. The number of fused-ring (bicyclic) bond motifs is 2. The average Bonchev–Trinajstić information content (AvgIpc) is 1.87. The summed E-state index contributed by atoms with van der Waals surface area (Å²) in [4.78, 5) is 0. The minimum atomic E-state index is 0.675. The lowest BCUT2D eigenvalue weighted by Crippen LogP contribution is -2.51. The lowest BCUT2D eigenvalue weighted by atomic mass is 9.46. The Hall–Kier alpha value is 0. The van der Waals surface area contributed by atoms with Gasteiger partial charge >= 0.3 is 0 Å². The molecule has 0 spiro atoms. The highest BCUT2D eigenvalue weighted by Crippen LogP contribution is 2.60. The first-order chi connectivity index (χ1) is 4.62. The minimum Gasteiger partial charge on any atom is -0.0619 e. The molecule has 3 aliphatic rings. The Morgan fingerprint density at radius 1 is 1.40 bits per heavy atom. The largest absolute Gasteiger partial charge is 0.0619 e. The molecule has 57 valence electrons. The van der Waals surface area contributed by atoms with Gasteiger partial charge in [-0.3, -0.25) is 0 Å². The van der Waals surface area contributed by atoms with Crippen LogP contribution in [-0.4, -0.2) is 0 Å². The van der Waals surface area contributed by atoms with Crippen LogP contribution in [0.2, 0.25) is 0 Å². The normalized spacial score (nSPS) is 50.1. The summed E-state index contributed by atoms with van der Waals surface area (Å²) in [6.45, 7) is 7.26. The van der Waals surface area contributed by atoms with E-state index < -0.39 is 0 Å². The Morgan fingerprint density at radius 2 is 2.10 bits per heavy atom. The van der Waals surface area contributed by atoms with Gasteiger partial charge in [0.05, 0.1) is 0 Å². The van der Waals surface area contributed by atoms with E-state index in [-0.39, 0.29) is 0 Å². The summed E-state index contributed by atoms with van der Waals surface area (Å²) in [5, 5.41) is 0. The zero-order chi connectivity index (χ0) is 7.35. The van der Waals surface area contributed by atoms with E-state index in [1.165, 1.54) is 12.8 Å². The zero-order valence-corrected chi connectivity index (χ0v) is 7.22. The summed E-state index contributed by atoms with van der Waals surface area (Å²) in [5.41, 5.74) is 0.675. The summed E-state index contributed by atoms with van der Waals surface area (Å²) >= 11 is 0. The second kappa shape index (κ2) is 1.78. The Morgan fingerprint density at radius 3 is 2.40 bits per heavy atom. The SMILES string of the molecule is C[C@H]1[CH]C[C@@H]2C[C@@H]1C2(C)C. The maximum atomic E-state index is 2.52. The van der Waals surface area contributed by atoms with Crippen molar-refractivity contribution in [3.63, 3.8) is 0 Å². The van der Waals surface area contributed by atoms with Crippen molar-refractivity contribution in [2.75, 3.05) is 0 Å². The maximum absolute atomic E-state index is 2.52. The first-order valence-corrected chi connectivity index (χ1v) is 4.45. The highest BCUT2D eigenvalue weighted by molar-refractivity contribution is 5.07. The van der Waals surface area contributed by atoms with E-state index in [2.05, 4.69) is 27.2 Å². The fraction of sp³-hybridized carbons (Fsp3) is 0.900. The average molecular weight is 137 g/mol. The summed E-state index contributed by atoms with van der Waals surface area (Å²) in [6.07, 6.45) is 5.40. The van der Waals surface area contributed by atoms with Crippen LogP contribution >= 0.6 is 0 Å². The maximum Gasteiger partial charge on any atom is -0.0295 e. The van der Waals surface area contributed by atoms with Crippen molar-refractivity contribution in [3.8, 4) is 0 Å². The molecule has 0 saturated heterocycles. The molecular weight excluding hydrogens is 120 g/mol. The van der Waals surface area contributed by atoms with Crippen LogP contribution in [0.25, 0.3) is 0 Å². The van der Waals surface area contributed by atoms with Crippen molar-refractivity contribution in [2.24, 2.45) is 23.2 Å². The molecule has 0 N–H and O–H groups in total. The minimum absolute atomic E-state index is 0.675. The van der Waals surface area contributed by atoms with Crippen LogP contribution < -0.4 is 0 Å². The molecule has 3 fully saturated rings. The van der Waals surface area contributed by atoms with E-state index in [1.54, 1.807) is 0 Å². The van der Waals surface area contributed by atoms with Crippen LogP contribution in [0, 0.1) is 29.6 Å². The number of rotatable bonds is 0. The monoisotopic (exact) mass is 137 g/mol. The van der Waals surface area contributed by atoms with Gasteiger partial charge in [-0.15, -0.1) is 0 Å². The zero-order valence-electron chi connectivity index (χ0n) is 7.22. The predicted molar refractivity (Wildman–Crippen MR) is 43.5 cm³/mol. The first kappa shape index (κ1) is 6.69. The van der Waals surface area contributed by atoms with Crippen molar-refractivity contribution in [2.45, 2.75) is 33.6 Å². The summed E-state index contributed by atoms with van der Waals surface area (Å²) in [7, 11) is 0. The van der Waals surface area contributed by atoms with Gasteiger partial charge in [0.25, 0.3) is 0 Å². The smallest absolute Gasteiger partial charge is 0.0295 e. The third-order valence-electron chi connectivity index (χ3n) is 3.97. The molecule has 0 aromatic heterocycles.